The molecule has 0 saturated carbocycles. The minimum absolute atomic E-state index is 0.0322. The highest BCUT2D eigenvalue weighted by atomic mass is 32.1. The summed E-state index contributed by atoms with van der Waals surface area (Å²) in [5.41, 5.74) is 2.13. The molecular weight excluding hydrogens is 402 g/mol. The van der Waals surface area contributed by atoms with Crippen molar-refractivity contribution < 1.29 is 14.3 Å². The first-order valence-corrected chi connectivity index (χ1v) is 11.3. The van der Waals surface area contributed by atoms with Crippen molar-refractivity contribution in [2.75, 3.05) is 52.4 Å². The number of ether oxygens (including phenoxy) is 1. The third-order valence-electron chi connectivity index (χ3n) is 5.71. The van der Waals surface area contributed by atoms with Crippen LogP contribution in [0.3, 0.4) is 0 Å². The molecule has 2 aliphatic rings. The highest BCUT2D eigenvalue weighted by molar-refractivity contribution is 7.12. The molecule has 2 fully saturated rings. The molecule has 8 nitrogen and oxygen atoms in total. The van der Waals surface area contributed by atoms with E-state index >= 15 is 0 Å². The van der Waals surface area contributed by atoms with Gasteiger partial charge in [-0.25, -0.2) is 0 Å². The molecule has 2 aromatic rings. The number of nitrogens with zero attached hydrogens (tertiary/aromatic N) is 5. The van der Waals surface area contributed by atoms with Gasteiger partial charge in [-0.3, -0.25) is 19.2 Å². The van der Waals surface area contributed by atoms with Crippen LogP contribution >= 0.6 is 11.3 Å². The number of rotatable bonds is 5. The summed E-state index contributed by atoms with van der Waals surface area (Å²) in [7, 11) is 0. The number of hydrogen-bond acceptors (Lipinski definition) is 6. The highest BCUT2D eigenvalue weighted by Crippen LogP contribution is 2.15. The van der Waals surface area contributed by atoms with E-state index in [1.54, 1.807) is 0 Å². The number of carbonyl (C=O) groups excluding carboxylic acids is 2. The molecule has 2 aromatic heterocycles. The van der Waals surface area contributed by atoms with Crippen LogP contribution < -0.4 is 0 Å². The van der Waals surface area contributed by atoms with Gasteiger partial charge in [-0.05, 0) is 31.4 Å². The average molecular weight is 432 g/mol. The molecule has 9 heteroatoms. The van der Waals surface area contributed by atoms with E-state index < -0.39 is 0 Å². The maximum atomic E-state index is 12.8. The molecule has 0 aliphatic carbocycles. The van der Waals surface area contributed by atoms with Crippen LogP contribution in [-0.2, 0) is 16.1 Å². The van der Waals surface area contributed by atoms with Gasteiger partial charge in [-0.1, -0.05) is 6.07 Å². The molecule has 2 aliphatic heterocycles. The topological polar surface area (TPSA) is 70.9 Å². The lowest BCUT2D eigenvalue weighted by atomic mass is 10.2. The molecule has 4 heterocycles. The van der Waals surface area contributed by atoms with Crippen LogP contribution in [0, 0.1) is 13.8 Å². The number of hydrogen-bond donors (Lipinski definition) is 0. The zero-order valence-electron chi connectivity index (χ0n) is 17.6. The quantitative estimate of drug-likeness (QED) is 0.713. The lowest BCUT2D eigenvalue weighted by molar-refractivity contribution is -0.136. The summed E-state index contributed by atoms with van der Waals surface area (Å²) in [6.45, 7) is 9.61. The van der Waals surface area contributed by atoms with Crippen molar-refractivity contribution in [2.45, 2.75) is 26.5 Å². The third kappa shape index (κ3) is 4.91. The molecular formula is C21H29N5O3S. The zero-order valence-corrected chi connectivity index (χ0v) is 18.4. The summed E-state index contributed by atoms with van der Waals surface area (Å²) >= 11 is 1.46. The SMILES string of the molecule is Cc1cc(C)n(CC2CN(CC(=O)N3CCN(C(=O)c4cccs4)CC3)CCO2)n1. The van der Waals surface area contributed by atoms with Gasteiger partial charge in [-0.15, -0.1) is 11.3 Å². The largest absolute Gasteiger partial charge is 0.374 e. The fourth-order valence-corrected chi connectivity index (χ4v) is 4.78. The van der Waals surface area contributed by atoms with Gasteiger partial charge in [0.25, 0.3) is 5.91 Å². The molecule has 4 rings (SSSR count). The van der Waals surface area contributed by atoms with E-state index in [2.05, 4.69) is 16.1 Å². The van der Waals surface area contributed by atoms with Gasteiger partial charge in [0, 0.05) is 45.0 Å². The fraction of sp³-hybridized carbons (Fsp3) is 0.571. The van der Waals surface area contributed by atoms with E-state index in [9.17, 15) is 9.59 Å². The lowest BCUT2D eigenvalue weighted by Gasteiger charge is -2.37. The van der Waals surface area contributed by atoms with Crippen LogP contribution in [0.2, 0.25) is 0 Å². The van der Waals surface area contributed by atoms with E-state index in [1.165, 1.54) is 11.3 Å². The fourth-order valence-electron chi connectivity index (χ4n) is 4.09. The van der Waals surface area contributed by atoms with Crippen molar-refractivity contribution >= 4 is 23.2 Å². The molecule has 162 valence electrons. The van der Waals surface area contributed by atoms with Gasteiger partial charge in [0.15, 0.2) is 0 Å². The Kier molecular flexibility index (Phi) is 6.50. The Bertz CT molecular complexity index is 873. The molecule has 0 spiro atoms. The van der Waals surface area contributed by atoms with Gasteiger partial charge in [0.05, 0.1) is 36.4 Å². The standard InChI is InChI=1S/C21H29N5O3S/c1-16-12-17(2)26(22-16)14-18-13-23(9-10-29-18)15-20(27)24-5-7-25(8-6-24)21(28)19-4-3-11-30-19/h3-4,11-12,18H,5-10,13-15H2,1-2H3. The smallest absolute Gasteiger partial charge is 0.264 e. The second kappa shape index (κ2) is 9.28. The summed E-state index contributed by atoms with van der Waals surface area (Å²) in [4.78, 5) is 31.9. The van der Waals surface area contributed by atoms with E-state index in [-0.39, 0.29) is 17.9 Å². The summed E-state index contributed by atoms with van der Waals surface area (Å²) in [6, 6.07) is 5.81. The second-order valence-electron chi connectivity index (χ2n) is 7.99. The summed E-state index contributed by atoms with van der Waals surface area (Å²) < 4.78 is 7.89. The Morgan fingerprint density at radius 3 is 2.60 bits per heavy atom. The highest BCUT2D eigenvalue weighted by Gasteiger charge is 2.28. The van der Waals surface area contributed by atoms with Crippen molar-refractivity contribution in [3.63, 3.8) is 0 Å². The molecule has 1 unspecified atom stereocenters. The van der Waals surface area contributed by atoms with E-state index in [0.717, 1.165) is 29.4 Å². The maximum absolute atomic E-state index is 12.8. The van der Waals surface area contributed by atoms with Crippen LogP contribution in [-0.4, -0.2) is 94.8 Å². The number of carbonyl (C=O) groups is 2. The monoisotopic (exact) mass is 431 g/mol. The molecule has 30 heavy (non-hydrogen) atoms. The Labute approximate surface area is 181 Å². The van der Waals surface area contributed by atoms with Gasteiger partial charge in [0.2, 0.25) is 5.91 Å². The first-order chi connectivity index (χ1) is 14.5. The number of amides is 2. The Balaban J connectivity index is 1.25. The van der Waals surface area contributed by atoms with Crippen molar-refractivity contribution in [2.24, 2.45) is 0 Å². The molecule has 1 atom stereocenters. The number of thiophene rings is 1. The van der Waals surface area contributed by atoms with Crippen LogP contribution in [0.5, 0.6) is 0 Å². The van der Waals surface area contributed by atoms with Crippen LogP contribution in [0.25, 0.3) is 0 Å². The Morgan fingerprint density at radius 2 is 1.93 bits per heavy atom. The minimum Gasteiger partial charge on any atom is -0.374 e. The Hall–Kier alpha value is -2.23. The number of aromatic nitrogens is 2. The Morgan fingerprint density at radius 1 is 1.17 bits per heavy atom. The number of aryl methyl sites for hydroxylation is 2. The van der Waals surface area contributed by atoms with Crippen LogP contribution in [0.15, 0.2) is 23.6 Å². The lowest BCUT2D eigenvalue weighted by Crippen LogP contribution is -2.54. The maximum Gasteiger partial charge on any atom is 0.264 e. The minimum atomic E-state index is 0.0322. The second-order valence-corrected chi connectivity index (χ2v) is 8.94. The summed E-state index contributed by atoms with van der Waals surface area (Å²) in [5.74, 6) is 0.197. The van der Waals surface area contributed by atoms with E-state index in [4.69, 9.17) is 4.74 Å². The van der Waals surface area contributed by atoms with Gasteiger partial charge in [0.1, 0.15) is 0 Å². The van der Waals surface area contributed by atoms with Gasteiger partial charge in [-0.2, -0.15) is 5.10 Å². The van der Waals surface area contributed by atoms with Crippen molar-refractivity contribution in [3.05, 3.63) is 39.8 Å². The van der Waals surface area contributed by atoms with Crippen molar-refractivity contribution in [3.8, 4) is 0 Å². The van der Waals surface area contributed by atoms with Crippen LogP contribution in [0.4, 0.5) is 0 Å². The zero-order chi connectivity index (χ0) is 21.1. The van der Waals surface area contributed by atoms with Crippen molar-refractivity contribution in [1.29, 1.82) is 0 Å². The molecule has 0 bridgehead atoms. The third-order valence-corrected chi connectivity index (χ3v) is 6.57. The normalized spacial score (nSPS) is 20.5. The summed E-state index contributed by atoms with van der Waals surface area (Å²) in [6.07, 6.45) is 0.0322. The van der Waals surface area contributed by atoms with E-state index in [0.29, 0.717) is 45.9 Å². The number of piperazine rings is 1. The van der Waals surface area contributed by atoms with Crippen molar-refractivity contribution in [1.82, 2.24) is 24.5 Å². The molecule has 0 N–H and O–H groups in total. The molecule has 0 aromatic carbocycles. The average Bonchev–Trinajstić information content (AvgIpc) is 3.38. The predicted octanol–water partition coefficient (Wildman–Crippen LogP) is 1.25. The van der Waals surface area contributed by atoms with Gasteiger partial charge >= 0.3 is 0 Å². The molecule has 0 radical (unpaired) electrons. The summed E-state index contributed by atoms with van der Waals surface area (Å²) in [5, 5.41) is 6.43. The molecule has 2 amide bonds. The first kappa shape index (κ1) is 21.0. The number of morpholine rings is 1. The van der Waals surface area contributed by atoms with Crippen LogP contribution in [0.1, 0.15) is 21.1 Å². The van der Waals surface area contributed by atoms with E-state index in [1.807, 2.05) is 45.8 Å². The van der Waals surface area contributed by atoms with Gasteiger partial charge < -0.3 is 14.5 Å². The predicted molar refractivity (Wildman–Crippen MR) is 115 cm³/mol. The first-order valence-electron chi connectivity index (χ1n) is 10.4. The molecule has 2 saturated heterocycles.